The van der Waals surface area contributed by atoms with E-state index in [2.05, 4.69) is 20.8 Å². The SMILES string of the molecule is CC(C)C1=NC(C)(CC(=O)c2ccccc2)CC1. The Morgan fingerprint density at radius 3 is 2.56 bits per heavy atom. The summed E-state index contributed by atoms with van der Waals surface area (Å²) in [4.78, 5) is 17.0. The average Bonchev–Trinajstić information content (AvgIpc) is 2.73. The van der Waals surface area contributed by atoms with Gasteiger partial charge in [-0.15, -0.1) is 0 Å². The van der Waals surface area contributed by atoms with Crippen molar-refractivity contribution >= 4 is 11.5 Å². The van der Waals surface area contributed by atoms with Crippen LogP contribution in [0.5, 0.6) is 0 Å². The first-order valence-corrected chi connectivity index (χ1v) is 6.67. The Labute approximate surface area is 109 Å². The highest BCUT2D eigenvalue weighted by Gasteiger charge is 2.33. The number of hydrogen-bond donors (Lipinski definition) is 0. The first kappa shape index (κ1) is 13.0. The molecular formula is C16H21NO. The summed E-state index contributed by atoms with van der Waals surface area (Å²) in [6.45, 7) is 6.44. The first-order valence-electron chi connectivity index (χ1n) is 6.67. The molecule has 96 valence electrons. The Bertz CT molecular complexity index is 461. The molecule has 0 saturated carbocycles. The summed E-state index contributed by atoms with van der Waals surface area (Å²) in [7, 11) is 0. The second-order valence-electron chi connectivity index (χ2n) is 5.72. The van der Waals surface area contributed by atoms with E-state index in [1.54, 1.807) is 0 Å². The highest BCUT2D eigenvalue weighted by atomic mass is 16.1. The van der Waals surface area contributed by atoms with Crippen LogP contribution in [0.3, 0.4) is 0 Å². The van der Waals surface area contributed by atoms with Crippen LogP contribution >= 0.6 is 0 Å². The van der Waals surface area contributed by atoms with E-state index in [9.17, 15) is 4.79 Å². The Hall–Kier alpha value is -1.44. The monoisotopic (exact) mass is 243 g/mol. The van der Waals surface area contributed by atoms with E-state index in [1.807, 2.05) is 30.3 Å². The lowest BCUT2D eigenvalue weighted by Crippen LogP contribution is -2.23. The summed E-state index contributed by atoms with van der Waals surface area (Å²) in [6, 6.07) is 9.52. The van der Waals surface area contributed by atoms with Gasteiger partial charge >= 0.3 is 0 Å². The summed E-state index contributed by atoms with van der Waals surface area (Å²) in [5.41, 5.74) is 1.87. The van der Waals surface area contributed by atoms with Crippen LogP contribution in [-0.2, 0) is 0 Å². The lowest BCUT2D eigenvalue weighted by molar-refractivity contribution is 0.0956. The quantitative estimate of drug-likeness (QED) is 0.737. The fraction of sp³-hybridized carbons (Fsp3) is 0.500. The van der Waals surface area contributed by atoms with E-state index in [4.69, 9.17) is 4.99 Å². The summed E-state index contributed by atoms with van der Waals surface area (Å²) in [5.74, 6) is 0.700. The van der Waals surface area contributed by atoms with Crippen molar-refractivity contribution in [3.05, 3.63) is 35.9 Å². The summed E-state index contributed by atoms with van der Waals surface area (Å²) < 4.78 is 0. The molecule has 0 aromatic heterocycles. The number of Topliss-reactive ketones (excluding diaryl/α,β-unsaturated/α-hetero) is 1. The Kier molecular flexibility index (Phi) is 3.65. The molecule has 1 aromatic rings. The number of nitrogens with zero attached hydrogens (tertiary/aromatic N) is 1. The van der Waals surface area contributed by atoms with E-state index in [1.165, 1.54) is 5.71 Å². The third-order valence-electron chi connectivity index (χ3n) is 3.64. The van der Waals surface area contributed by atoms with Crippen LogP contribution in [0, 0.1) is 5.92 Å². The van der Waals surface area contributed by atoms with Crippen molar-refractivity contribution in [2.45, 2.75) is 45.6 Å². The Morgan fingerprint density at radius 1 is 1.33 bits per heavy atom. The highest BCUT2D eigenvalue weighted by Crippen LogP contribution is 2.32. The van der Waals surface area contributed by atoms with Gasteiger partial charge in [0.05, 0.1) is 5.54 Å². The molecular weight excluding hydrogens is 222 g/mol. The summed E-state index contributed by atoms with van der Waals surface area (Å²) in [6.07, 6.45) is 2.56. The Morgan fingerprint density at radius 2 is 2.00 bits per heavy atom. The predicted octanol–water partition coefficient (Wildman–Crippen LogP) is 3.91. The van der Waals surface area contributed by atoms with Gasteiger partial charge in [0.25, 0.3) is 0 Å². The number of aliphatic imine (C=N–C) groups is 1. The third kappa shape index (κ3) is 2.87. The molecule has 0 N–H and O–H groups in total. The zero-order valence-corrected chi connectivity index (χ0v) is 11.4. The smallest absolute Gasteiger partial charge is 0.165 e. The van der Waals surface area contributed by atoms with Gasteiger partial charge in [-0.05, 0) is 25.7 Å². The molecule has 0 aliphatic carbocycles. The summed E-state index contributed by atoms with van der Waals surface area (Å²) in [5, 5.41) is 0. The Balaban J connectivity index is 2.09. The standard InChI is InChI=1S/C16H21NO/c1-12(2)14-9-10-16(3,17-14)11-15(18)13-7-5-4-6-8-13/h4-8,12H,9-11H2,1-3H3. The zero-order valence-electron chi connectivity index (χ0n) is 11.4. The van der Waals surface area contributed by atoms with E-state index < -0.39 is 0 Å². The minimum atomic E-state index is -0.188. The minimum Gasteiger partial charge on any atom is -0.294 e. The van der Waals surface area contributed by atoms with Gasteiger partial charge in [0.1, 0.15) is 0 Å². The van der Waals surface area contributed by atoms with Crippen molar-refractivity contribution in [2.75, 3.05) is 0 Å². The van der Waals surface area contributed by atoms with E-state index in [0.29, 0.717) is 12.3 Å². The van der Waals surface area contributed by atoms with E-state index in [0.717, 1.165) is 18.4 Å². The molecule has 2 heteroatoms. The third-order valence-corrected chi connectivity index (χ3v) is 3.64. The number of rotatable bonds is 4. The van der Waals surface area contributed by atoms with Gasteiger partial charge in [-0.2, -0.15) is 0 Å². The zero-order chi connectivity index (χ0) is 13.2. The van der Waals surface area contributed by atoms with E-state index >= 15 is 0 Å². The lowest BCUT2D eigenvalue weighted by atomic mass is 9.90. The van der Waals surface area contributed by atoms with Crippen LogP contribution in [0.15, 0.2) is 35.3 Å². The predicted molar refractivity (Wildman–Crippen MR) is 75.3 cm³/mol. The molecule has 0 fully saturated rings. The molecule has 1 aliphatic heterocycles. The normalized spacial score (nSPS) is 23.2. The summed E-state index contributed by atoms with van der Waals surface area (Å²) >= 11 is 0. The van der Waals surface area contributed by atoms with Gasteiger partial charge in [-0.25, -0.2) is 0 Å². The molecule has 0 spiro atoms. The van der Waals surface area contributed by atoms with Crippen LogP contribution in [0.25, 0.3) is 0 Å². The molecule has 0 radical (unpaired) electrons. The van der Waals surface area contributed by atoms with Gasteiger partial charge in [-0.3, -0.25) is 9.79 Å². The van der Waals surface area contributed by atoms with Crippen molar-refractivity contribution in [3.8, 4) is 0 Å². The molecule has 1 atom stereocenters. The molecule has 1 unspecified atom stereocenters. The van der Waals surface area contributed by atoms with Crippen molar-refractivity contribution in [1.82, 2.24) is 0 Å². The molecule has 1 aliphatic rings. The van der Waals surface area contributed by atoms with Crippen LogP contribution in [0.4, 0.5) is 0 Å². The van der Waals surface area contributed by atoms with Crippen molar-refractivity contribution in [2.24, 2.45) is 10.9 Å². The number of benzene rings is 1. The van der Waals surface area contributed by atoms with Gasteiger partial charge < -0.3 is 0 Å². The maximum atomic E-state index is 12.2. The largest absolute Gasteiger partial charge is 0.294 e. The fourth-order valence-corrected chi connectivity index (χ4v) is 2.47. The highest BCUT2D eigenvalue weighted by molar-refractivity contribution is 5.97. The van der Waals surface area contributed by atoms with Crippen molar-refractivity contribution in [3.63, 3.8) is 0 Å². The van der Waals surface area contributed by atoms with Gasteiger partial charge in [-0.1, -0.05) is 44.2 Å². The van der Waals surface area contributed by atoms with Gasteiger partial charge in [0.2, 0.25) is 0 Å². The van der Waals surface area contributed by atoms with Crippen LogP contribution in [0.1, 0.15) is 50.4 Å². The lowest BCUT2D eigenvalue weighted by Gasteiger charge is -2.19. The number of carbonyl (C=O) groups is 1. The van der Waals surface area contributed by atoms with Crippen LogP contribution in [0.2, 0.25) is 0 Å². The molecule has 2 rings (SSSR count). The van der Waals surface area contributed by atoms with Crippen LogP contribution < -0.4 is 0 Å². The molecule has 0 bridgehead atoms. The van der Waals surface area contributed by atoms with Crippen LogP contribution in [-0.4, -0.2) is 17.0 Å². The molecule has 0 amide bonds. The van der Waals surface area contributed by atoms with E-state index in [-0.39, 0.29) is 11.3 Å². The van der Waals surface area contributed by atoms with Gasteiger partial charge in [0, 0.05) is 17.7 Å². The van der Waals surface area contributed by atoms with Gasteiger partial charge in [0.15, 0.2) is 5.78 Å². The fourth-order valence-electron chi connectivity index (χ4n) is 2.47. The number of carbonyl (C=O) groups excluding carboxylic acids is 1. The minimum absolute atomic E-state index is 0.188. The molecule has 1 heterocycles. The number of hydrogen-bond acceptors (Lipinski definition) is 2. The molecule has 18 heavy (non-hydrogen) atoms. The van der Waals surface area contributed by atoms with Crippen molar-refractivity contribution < 1.29 is 4.79 Å². The number of ketones is 1. The topological polar surface area (TPSA) is 29.4 Å². The van der Waals surface area contributed by atoms with Crippen molar-refractivity contribution in [1.29, 1.82) is 0 Å². The molecule has 2 nitrogen and oxygen atoms in total. The first-order chi connectivity index (χ1) is 8.50. The molecule has 0 saturated heterocycles. The average molecular weight is 243 g/mol. The second-order valence-corrected chi connectivity index (χ2v) is 5.72. The maximum absolute atomic E-state index is 12.2. The second kappa shape index (κ2) is 5.05. The maximum Gasteiger partial charge on any atom is 0.165 e. The molecule has 1 aromatic carbocycles.